The Hall–Kier alpha value is -0.860. The number of rotatable bonds is 4. The number of benzene rings is 1. The Bertz CT molecular complexity index is 296. The molecule has 0 aliphatic carbocycles. The SMILES string of the molecule is Cc1ccc(C(O)CCCN)cc1C. The van der Waals surface area contributed by atoms with Crippen molar-refractivity contribution in [2.45, 2.75) is 32.8 Å². The van der Waals surface area contributed by atoms with Gasteiger partial charge in [-0.2, -0.15) is 0 Å². The van der Waals surface area contributed by atoms with Crippen LogP contribution in [0.25, 0.3) is 0 Å². The Morgan fingerprint density at radius 2 is 2.00 bits per heavy atom. The summed E-state index contributed by atoms with van der Waals surface area (Å²) < 4.78 is 0. The Balaban J connectivity index is 2.70. The zero-order valence-corrected chi connectivity index (χ0v) is 8.96. The van der Waals surface area contributed by atoms with Crippen molar-refractivity contribution < 1.29 is 5.11 Å². The van der Waals surface area contributed by atoms with Crippen LogP contribution in [0.4, 0.5) is 0 Å². The van der Waals surface area contributed by atoms with Crippen molar-refractivity contribution in [2.24, 2.45) is 5.73 Å². The highest BCUT2D eigenvalue weighted by Crippen LogP contribution is 2.20. The van der Waals surface area contributed by atoms with Crippen LogP contribution in [-0.4, -0.2) is 11.7 Å². The van der Waals surface area contributed by atoms with E-state index >= 15 is 0 Å². The van der Waals surface area contributed by atoms with Crippen LogP contribution in [0.1, 0.15) is 35.6 Å². The lowest BCUT2D eigenvalue weighted by Gasteiger charge is -2.11. The average molecular weight is 193 g/mol. The Labute approximate surface area is 85.8 Å². The van der Waals surface area contributed by atoms with Crippen molar-refractivity contribution in [3.8, 4) is 0 Å². The predicted octanol–water partition coefficient (Wildman–Crippen LogP) is 2.08. The zero-order valence-electron chi connectivity index (χ0n) is 8.96. The first kappa shape index (κ1) is 11.2. The van der Waals surface area contributed by atoms with Crippen LogP contribution in [0.2, 0.25) is 0 Å². The second-order valence-electron chi connectivity index (χ2n) is 3.79. The molecule has 0 saturated heterocycles. The maximum atomic E-state index is 9.81. The van der Waals surface area contributed by atoms with Crippen molar-refractivity contribution in [3.63, 3.8) is 0 Å². The van der Waals surface area contributed by atoms with Gasteiger partial charge in [-0.15, -0.1) is 0 Å². The molecule has 14 heavy (non-hydrogen) atoms. The molecule has 1 rings (SSSR count). The fourth-order valence-corrected chi connectivity index (χ4v) is 1.45. The highest BCUT2D eigenvalue weighted by atomic mass is 16.3. The summed E-state index contributed by atoms with van der Waals surface area (Å²) in [5, 5.41) is 9.81. The molecule has 0 amide bonds. The van der Waals surface area contributed by atoms with E-state index in [0.29, 0.717) is 6.54 Å². The van der Waals surface area contributed by atoms with E-state index in [4.69, 9.17) is 5.73 Å². The van der Waals surface area contributed by atoms with Gasteiger partial charge in [0.25, 0.3) is 0 Å². The van der Waals surface area contributed by atoms with E-state index in [0.717, 1.165) is 18.4 Å². The molecule has 0 fully saturated rings. The quantitative estimate of drug-likeness (QED) is 0.769. The van der Waals surface area contributed by atoms with Crippen LogP contribution < -0.4 is 5.73 Å². The molecule has 0 spiro atoms. The van der Waals surface area contributed by atoms with E-state index in [1.165, 1.54) is 11.1 Å². The Morgan fingerprint density at radius 3 is 2.57 bits per heavy atom. The van der Waals surface area contributed by atoms with Gasteiger partial charge < -0.3 is 10.8 Å². The van der Waals surface area contributed by atoms with Crippen LogP contribution in [0.5, 0.6) is 0 Å². The highest BCUT2D eigenvalue weighted by Gasteiger charge is 2.07. The molecule has 78 valence electrons. The molecule has 2 heteroatoms. The van der Waals surface area contributed by atoms with Crippen LogP contribution in [0, 0.1) is 13.8 Å². The van der Waals surface area contributed by atoms with Crippen molar-refractivity contribution >= 4 is 0 Å². The normalized spacial score (nSPS) is 12.9. The number of aliphatic hydroxyl groups is 1. The summed E-state index contributed by atoms with van der Waals surface area (Å²) in [5.41, 5.74) is 8.89. The first-order valence-corrected chi connectivity index (χ1v) is 5.10. The zero-order chi connectivity index (χ0) is 10.6. The van der Waals surface area contributed by atoms with E-state index in [1.807, 2.05) is 6.07 Å². The number of aryl methyl sites for hydroxylation is 2. The van der Waals surface area contributed by atoms with E-state index in [2.05, 4.69) is 26.0 Å². The maximum Gasteiger partial charge on any atom is 0.0790 e. The van der Waals surface area contributed by atoms with Gasteiger partial charge in [0.1, 0.15) is 0 Å². The van der Waals surface area contributed by atoms with Crippen molar-refractivity contribution in [1.82, 2.24) is 0 Å². The van der Waals surface area contributed by atoms with Gasteiger partial charge in [0.15, 0.2) is 0 Å². The lowest BCUT2D eigenvalue weighted by Crippen LogP contribution is -2.04. The number of nitrogens with two attached hydrogens (primary N) is 1. The minimum absolute atomic E-state index is 0.363. The van der Waals surface area contributed by atoms with Gasteiger partial charge in [0.05, 0.1) is 6.10 Å². The van der Waals surface area contributed by atoms with Gasteiger partial charge in [0.2, 0.25) is 0 Å². The monoisotopic (exact) mass is 193 g/mol. The second-order valence-corrected chi connectivity index (χ2v) is 3.79. The molecule has 1 aromatic rings. The van der Waals surface area contributed by atoms with E-state index in [1.54, 1.807) is 0 Å². The molecule has 1 atom stereocenters. The third-order valence-corrected chi connectivity index (χ3v) is 2.60. The molecular formula is C12H19NO. The molecule has 0 aliphatic rings. The van der Waals surface area contributed by atoms with Gasteiger partial charge in [0, 0.05) is 0 Å². The molecule has 2 nitrogen and oxygen atoms in total. The predicted molar refractivity (Wildman–Crippen MR) is 59.2 cm³/mol. The number of hydrogen-bond donors (Lipinski definition) is 2. The summed E-state index contributed by atoms with van der Waals surface area (Å²) in [6.45, 7) is 4.78. The summed E-state index contributed by atoms with van der Waals surface area (Å²) >= 11 is 0. The summed E-state index contributed by atoms with van der Waals surface area (Å²) in [5.74, 6) is 0. The fourth-order valence-electron chi connectivity index (χ4n) is 1.45. The fraction of sp³-hybridized carbons (Fsp3) is 0.500. The standard InChI is InChI=1S/C12H19NO/c1-9-5-6-11(8-10(9)2)12(14)4-3-7-13/h5-6,8,12,14H,3-4,7,13H2,1-2H3. The lowest BCUT2D eigenvalue weighted by atomic mass is 10.00. The minimum atomic E-state index is -0.363. The molecule has 0 aromatic heterocycles. The summed E-state index contributed by atoms with van der Waals surface area (Å²) in [6, 6.07) is 6.09. The van der Waals surface area contributed by atoms with E-state index in [-0.39, 0.29) is 6.10 Å². The first-order chi connectivity index (χ1) is 6.65. The molecule has 0 heterocycles. The highest BCUT2D eigenvalue weighted by molar-refractivity contribution is 5.30. The number of aliphatic hydroxyl groups excluding tert-OH is 1. The summed E-state index contributed by atoms with van der Waals surface area (Å²) in [4.78, 5) is 0. The largest absolute Gasteiger partial charge is 0.388 e. The maximum absolute atomic E-state index is 9.81. The van der Waals surface area contributed by atoms with Crippen molar-refractivity contribution in [1.29, 1.82) is 0 Å². The van der Waals surface area contributed by atoms with E-state index < -0.39 is 0 Å². The van der Waals surface area contributed by atoms with Gasteiger partial charge in [-0.25, -0.2) is 0 Å². The molecule has 0 radical (unpaired) electrons. The minimum Gasteiger partial charge on any atom is -0.388 e. The van der Waals surface area contributed by atoms with Gasteiger partial charge in [-0.3, -0.25) is 0 Å². The van der Waals surface area contributed by atoms with Crippen molar-refractivity contribution in [3.05, 3.63) is 34.9 Å². The van der Waals surface area contributed by atoms with E-state index in [9.17, 15) is 5.11 Å². The lowest BCUT2D eigenvalue weighted by molar-refractivity contribution is 0.165. The van der Waals surface area contributed by atoms with Gasteiger partial charge in [-0.05, 0) is 49.9 Å². The number of hydrogen-bond acceptors (Lipinski definition) is 2. The second kappa shape index (κ2) is 5.13. The molecule has 0 bridgehead atoms. The third kappa shape index (κ3) is 2.82. The van der Waals surface area contributed by atoms with Gasteiger partial charge >= 0.3 is 0 Å². The molecule has 3 N–H and O–H groups in total. The Morgan fingerprint density at radius 1 is 1.29 bits per heavy atom. The van der Waals surface area contributed by atoms with Crippen LogP contribution in [0.15, 0.2) is 18.2 Å². The smallest absolute Gasteiger partial charge is 0.0790 e. The summed E-state index contributed by atoms with van der Waals surface area (Å²) in [7, 11) is 0. The molecular weight excluding hydrogens is 174 g/mol. The van der Waals surface area contributed by atoms with Crippen molar-refractivity contribution in [2.75, 3.05) is 6.54 Å². The Kier molecular flexibility index (Phi) is 4.11. The third-order valence-electron chi connectivity index (χ3n) is 2.60. The molecule has 0 aliphatic heterocycles. The van der Waals surface area contributed by atoms with Crippen LogP contribution in [0.3, 0.4) is 0 Å². The molecule has 1 unspecified atom stereocenters. The summed E-state index contributed by atoms with van der Waals surface area (Å²) in [6.07, 6.45) is 1.26. The topological polar surface area (TPSA) is 46.2 Å². The van der Waals surface area contributed by atoms with Crippen LogP contribution in [-0.2, 0) is 0 Å². The first-order valence-electron chi connectivity index (χ1n) is 5.10. The van der Waals surface area contributed by atoms with Crippen LogP contribution >= 0.6 is 0 Å². The molecule has 0 saturated carbocycles. The molecule has 1 aromatic carbocycles. The van der Waals surface area contributed by atoms with Gasteiger partial charge in [-0.1, -0.05) is 18.2 Å². The average Bonchev–Trinajstić information content (AvgIpc) is 2.18.